The van der Waals surface area contributed by atoms with Crippen molar-refractivity contribution in [2.45, 2.75) is 19.9 Å². The fraction of sp³-hybridized carbons (Fsp3) is 0.250. The van der Waals surface area contributed by atoms with E-state index in [1.807, 2.05) is 19.1 Å². The van der Waals surface area contributed by atoms with Gasteiger partial charge in [0.15, 0.2) is 5.13 Å². The van der Waals surface area contributed by atoms with Gasteiger partial charge in [-0.05, 0) is 30.7 Å². The summed E-state index contributed by atoms with van der Waals surface area (Å²) in [6.07, 6.45) is 3.58. The summed E-state index contributed by atoms with van der Waals surface area (Å²) < 4.78 is 4.93. The number of halogens is 1. The normalized spacial score (nSPS) is 13.7. The summed E-state index contributed by atoms with van der Waals surface area (Å²) in [6.45, 7) is 3.55. The maximum atomic E-state index is 12.4. The van der Waals surface area contributed by atoms with E-state index < -0.39 is 0 Å². The number of hydrogen-bond acceptors (Lipinski definition) is 6. The molecule has 150 valence electrons. The van der Waals surface area contributed by atoms with E-state index in [1.165, 1.54) is 23.9 Å². The summed E-state index contributed by atoms with van der Waals surface area (Å²) in [4.78, 5) is 32.2. The van der Waals surface area contributed by atoms with Gasteiger partial charge in [-0.2, -0.15) is 0 Å². The molecule has 0 fully saturated rings. The second-order valence-electron chi connectivity index (χ2n) is 6.83. The van der Waals surface area contributed by atoms with Gasteiger partial charge in [-0.25, -0.2) is 4.98 Å². The lowest BCUT2D eigenvalue weighted by atomic mass is 10.2. The number of aromatic nitrogens is 1. The molecule has 0 saturated carbocycles. The number of nitrogens with one attached hydrogen (secondary N) is 2. The van der Waals surface area contributed by atoms with Crippen molar-refractivity contribution in [2.75, 3.05) is 23.7 Å². The van der Waals surface area contributed by atoms with Gasteiger partial charge < -0.3 is 9.73 Å². The van der Waals surface area contributed by atoms with Gasteiger partial charge in [0.25, 0.3) is 5.91 Å². The molecule has 0 spiro atoms. The number of anilines is 2. The van der Waals surface area contributed by atoms with E-state index in [0.29, 0.717) is 27.9 Å². The molecule has 2 amide bonds. The molecule has 2 N–H and O–H groups in total. The van der Waals surface area contributed by atoms with E-state index in [0.717, 1.165) is 29.1 Å². The van der Waals surface area contributed by atoms with Crippen molar-refractivity contribution in [1.82, 2.24) is 9.88 Å². The minimum atomic E-state index is -0.252. The second kappa shape index (κ2) is 8.36. The molecule has 0 bridgehead atoms. The minimum Gasteiger partial charge on any atom is -0.472 e. The number of fused-ring (bicyclic) bond motifs is 1. The van der Waals surface area contributed by atoms with Gasteiger partial charge in [0, 0.05) is 35.1 Å². The highest BCUT2D eigenvalue weighted by Crippen LogP contribution is 2.28. The molecule has 0 atom stereocenters. The first-order valence-corrected chi connectivity index (χ1v) is 10.3. The summed E-state index contributed by atoms with van der Waals surface area (Å²) in [5.41, 5.74) is 3.08. The second-order valence-corrected chi connectivity index (χ2v) is 8.32. The van der Waals surface area contributed by atoms with Crippen molar-refractivity contribution in [3.63, 3.8) is 0 Å². The van der Waals surface area contributed by atoms with Gasteiger partial charge in [-0.15, -0.1) is 11.3 Å². The third-order valence-corrected chi connectivity index (χ3v) is 6.04. The topological polar surface area (TPSA) is 87.5 Å². The van der Waals surface area contributed by atoms with Crippen molar-refractivity contribution in [2.24, 2.45) is 0 Å². The third kappa shape index (κ3) is 4.67. The van der Waals surface area contributed by atoms with Crippen LogP contribution in [0.3, 0.4) is 0 Å². The summed E-state index contributed by atoms with van der Waals surface area (Å²) in [5.74, 6) is -0.343. The van der Waals surface area contributed by atoms with Gasteiger partial charge >= 0.3 is 0 Å². The van der Waals surface area contributed by atoms with Gasteiger partial charge in [-0.3, -0.25) is 19.8 Å². The Bertz CT molecular complexity index is 1050. The van der Waals surface area contributed by atoms with Gasteiger partial charge in [0.1, 0.15) is 6.26 Å². The van der Waals surface area contributed by atoms with Crippen LogP contribution in [-0.4, -0.2) is 34.8 Å². The van der Waals surface area contributed by atoms with Crippen molar-refractivity contribution in [3.05, 3.63) is 63.5 Å². The van der Waals surface area contributed by atoms with E-state index >= 15 is 0 Å². The number of furan rings is 1. The van der Waals surface area contributed by atoms with E-state index in [2.05, 4.69) is 20.5 Å². The number of nitrogens with zero attached hydrogens (tertiary/aromatic N) is 2. The average Bonchev–Trinajstić information content (AvgIpc) is 3.34. The monoisotopic (exact) mass is 430 g/mol. The SMILES string of the molecule is Cc1ccc(NC(=O)CN2CCc3nc(NC(=O)c4ccoc4)sc3C2)cc1Cl. The zero-order valence-electron chi connectivity index (χ0n) is 15.7. The van der Waals surface area contributed by atoms with Crippen LogP contribution in [0.2, 0.25) is 5.02 Å². The Labute approximate surface area is 176 Å². The van der Waals surface area contributed by atoms with Crippen molar-refractivity contribution in [1.29, 1.82) is 0 Å². The Morgan fingerprint density at radius 3 is 2.93 bits per heavy atom. The van der Waals surface area contributed by atoms with Crippen LogP contribution >= 0.6 is 22.9 Å². The van der Waals surface area contributed by atoms with E-state index in [-0.39, 0.29) is 18.4 Å². The molecule has 29 heavy (non-hydrogen) atoms. The number of benzene rings is 1. The lowest BCUT2D eigenvalue weighted by molar-refractivity contribution is -0.117. The number of rotatable bonds is 5. The Hall–Kier alpha value is -2.68. The maximum Gasteiger partial charge on any atom is 0.260 e. The van der Waals surface area contributed by atoms with E-state index in [1.54, 1.807) is 12.1 Å². The van der Waals surface area contributed by atoms with Crippen LogP contribution in [-0.2, 0) is 17.8 Å². The largest absolute Gasteiger partial charge is 0.472 e. The quantitative estimate of drug-likeness (QED) is 0.640. The zero-order chi connectivity index (χ0) is 20.4. The molecule has 0 aliphatic carbocycles. The number of thiazole rings is 1. The highest BCUT2D eigenvalue weighted by atomic mass is 35.5. The molecule has 0 radical (unpaired) electrons. The minimum absolute atomic E-state index is 0.0913. The molecule has 2 aromatic heterocycles. The smallest absolute Gasteiger partial charge is 0.260 e. The van der Waals surface area contributed by atoms with Crippen LogP contribution < -0.4 is 10.6 Å². The summed E-state index contributed by atoms with van der Waals surface area (Å²) in [5, 5.41) is 6.87. The standard InChI is InChI=1S/C20H19ClN4O3S/c1-12-2-3-14(8-15(12)21)22-18(26)10-25-6-4-16-17(9-25)29-20(23-16)24-19(27)13-5-7-28-11-13/h2-3,5,7-8,11H,4,6,9-10H2,1H3,(H,22,26)(H,23,24,27). The summed E-state index contributed by atoms with van der Waals surface area (Å²) in [7, 11) is 0. The Morgan fingerprint density at radius 2 is 2.17 bits per heavy atom. The van der Waals surface area contributed by atoms with Gasteiger partial charge in [-0.1, -0.05) is 17.7 Å². The van der Waals surface area contributed by atoms with Gasteiger partial charge in [0.05, 0.1) is 24.1 Å². The highest BCUT2D eigenvalue weighted by molar-refractivity contribution is 7.15. The molecule has 1 aliphatic heterocycles. The Balaban J connectivity index is 1.34. The number of aryl methyl sites for hydroxylation is 1. The van der Waals surface area contributed by atoms with E-state index in [4.69, 9.17) is 16.0 Å². The number of hydrogen-bond donors (Lipinski definition) is 2. The van der Waals surface area contributed by atoms with Crippen LogP contribution in [0.25, 0.3) is 0 Å². The maximum absolute atomic E-state index is 12.4. The first-order chi connectivity index (χ1) is 14.0. The van der Waals surface area contributed by atoms with Crippen molar-refractivity contribution >= 4 is 45.6 Å². The fourth-order valence-electron chi connectivity index (χ4n) is 3.07. The molecule has 1 aromatic carbocycles. The first-order valence-electron chi connectivity index (χ1n) is 9.08. The predicted molar refractivity (Wildman–Crippen MR) is 113 cm³/mol. The lowest BCUT2D eigenvalue weighted by Crippen LogP contribution is -2.36. The molecule has 9 heteroatoms. The number of carbonyl (C=O) groups is 2. The Kier molecular flexibility index (Phi) is 5.66. The van der Waals surface area contributed by atoms with E-state index in [9.17, 15) is 9.59 Å². The zero-order valence-corrected chi connectivity index (χ0v) is 17.3. The molecule has 3 aromatic rings. The number of amides is 2. The third-order valence-electron chi connectivity index (χ3n) is 4.64. The molecule has 1 aliphatic rings. The molecule has 4 rings (SSSR count). The van der Waals surface area contributed by atoms with Crippen molar-refractivity contribution < 1.29 is 14.0 Å². The molecular weight excluding hydrogens is 412 g/mol. The fourth-order valence-corrected chi connectivity index (χ4v) is 4.30. The molecule has 7 nitrogen and oxygen atoms in total. The molecule has 3 heterocycles. The van der Waals surface area contributed by atoms with Crippen molar-refractivity contribution in [3.8, 4) is 0 Å². The summed E-state index contributed by atoms with van der Waals surface area (Å²) >= 11 is 7.55. The lowest BCUT2D eigenvalue weighted by Gasteiger charge is -2.25. The molecule has 0 unspecified atom stereocenters. The highest BCUT2D eigenvalue weighted by Gasteiger charge is 2.23. The van der Waals surface area contributed by atoms with Crippen LogP contribution in [0.4, 0.5) is 10.8 Å². The first kappa shape index (κ1) is 19.6. The van der Waals surface area contributed by atoms with Crippen LogP contribution in [0, 0.1) is 6.92 Å². The van der Waals surface area contributed by atoms with Crippen LogP contribution in [0.15, 0.2) is 41.2 Å². The summed E-state index contributed by atoms with van der Waals surface area (Å²) in [6, 6.07) is 7.07. The molecule has 0 saturated heterocycles. The molecular formula is C20H19ClN4O3S. The Morgan fingerprint density at radius 1 is 1.31 bits per heavy atom. The number of carbonyl (C=O) groups excluding carboxylic acids is 2. The average molecular weight is 431 g/mol. The van der Waals surface area contributed by atoms with Gasteiger partial charge in [0.2, 0.25) is 5.91 Å². The van der Waals surface area contributed by atoms with Crippen LogP contribution in [0.1, 0.15) is 26.5 Å². The predicted octanol–water partition coefficient (Wildman–Crippen LogP) is 3.95. The van der Waals surface area contributed by atoms with Crippen LogP contribution in [0.5, 0.6) is 0 Å².